The van der Waals surface area contributed by atoms with Crippen LogP contribution in [0.2, 0.25) is 0 Å². The predicted molar refractivity (Wildman–Crippen MR) is 96.7 cm³/mol. The van der Waals surface area contributed by atoms with Crippen molar-refractivity contribution in [3.63, 3.8) is 0 Å². The van der Waals surface area contributed by atoms with E-state index in [9.17, 15) is 9.59 Å². The predicted octanol–water partition coefficient (Wildman–Crippen LogP) is 2.35. The van der Waals surface area contributed by atoms with Gasteiger partial charge in [-0.3, -0.25) is 9.59 Å². The maximum absolute atomic E-state index is 13.2. The third kappa shape index (κ3) is 2.57. The van der Waals surface area contributed by atoms with Crippen LogP contribution in [-0.2, 0) is 4.79 Å². The molecule has 2 amide bonds. The standard InChI is InChI=1S/C18H19BrN4O2/c1-10-16(11(2)23(21-10)13-5-3-12(19)4-6-13)18(25)22-14-7-8-15(22)17(24)20-9-14/h3-6,14-15H,7-9H2,1-2H3,(H,20,24). The first-order chi connectivity index (χ1) is 12.0. The summed E-state index contributed by atoms with van der Waals surface area (Å²) in [6, 6.07) is 7.54. The Morgan fingerprint density at radius 3 is 2.68 bits per heavy atom. The van der Waals surface area contributed by atoms with Crippen LogP contribution in [0.5, 0.6) is 0 Å². The van der Waals surface area contributed by atoms with Gasteiger partial charge in [0.2, 0.25) is 5.91 Å². The third-order valence-corrected chi connectivity index (χ3v) is 5.66. The highest BCUT2D eigenvalue weighted by molar-refractivity contribution is 9.10. The Kier molecular flexibility index (Phi) is 3.91. The highest BCUT2D eigenvalue weighted by Gasteiger charge is 2.45. The number of nitrogens with zero attached hydrogens (tertiary/aromatic N) is 3. The van der Waals surface area contributed by atoms with Crippen molar-refractivity contribution >= 4 is 27.7 Å². The number of piperazine rings is 1. The molecule has 1 N–H and O–H groups in total. The van der Waals surface area contributed by atoms with Crippen molar-refractivity contribution < 1.29 is 9.59 Å². The fourth-order valence-corrected chi connectivity index (χ4v) is 4.16. The molecule has 1 aromatic heterocycles. The summed E-state index contributed by atoms with van der Waals surface area (Å²) in [6.07, 6.45) is 1.61. The summed E-state index contributed by atoms with van der Waals surface area (Å²) >= 11 is 3.43. The Hall–Kier alpha value is -2.15. The number of rotatable bonds is 2. The van der Waals surface area contributed by atoms with Gasteiger partial charge < -0.3 is 10.2 Å². The Bertz CT molecular complexity index is 859. The SMILES string of the molecule is Cc1nn(-c2ccc(Br)cc2)c(C)c1C(=O)N1C2CCC1C(=O)NC2. The van der Waals surface area contributed by atoms with E-state index in [1.165, 1.54) is 0 Å². The van der Waals surface area contributed by atoms with Crippen LogP contribution >= 0.6 is 15.9 Å². The Labute approximate surface area is 154 Å². The topological polar surface area (TPSA) is 67.2 Å². The number of carbonyl (C=O) groups excluding carboxylic acids is 2. The largest absolute Gasteiger partial charge is 0.352 e. The van der Waals surface area contributed by atoms with Gasteiger partial charge in [-0.05, 0) is 51.0 Å². The zero-order chi connectivity index (χ0) is 17.7. The first-order valence-electron chi connectivity index (χ1n) is 8.40. The van der Waals surface area contributed by atoms with Gasteiger partial charge in [-0.2, -0.15) is 5.10 Å². The molecule has 0 radical (unpaired) electrons. The Morgan fingerprint density at radius 2 is 1.96 bits per heavy atom. The van der Waals surface area contributed by atoms with E-state index in [2.05, 4.69) is 26.3 Å². The number of hydrogen-bond donors (Lipinski definition) is 1. The summed E-state index contributed by atoms with van der Waals surface area (Å²) in [5.41, 5.74) is 3.00. The van der Waals surface area contributed by atoms with Gasteiger partial charge in [0.15, 0.2) is 0 Å². The zero-order valence-electron chi connectivity index (χ0n) is 14.1. The lowest BCUT2D eigenvalue weighted by atomic mass is 10.1. The molecule has 2 bridgehead atoms. The lowest BCUT2D eigenvalue weighted by Gasteiger charge is -2.34. The molecule has 2 aliphatic rings. The second-order valence-corrected chi connectivity index (χ2v) is 7.55. The summed E-state index contributed by atoms with van der Waals surface area (Å²) in [7, 11) is 0. The minimum atomic E-state index is -0.346. The summed E-state index contributed by atoms with van der Waals surface area (Å²) in [5, 5.41) is 7.46. The van der Waals surface area contributed by atoms with Crippen molar-refractivity contribution in [2.75, 3.05) is 6.54 Å². The van der Waals surface area contributed by atoms with Crippen molar-refractivity contribution in [1.82, 2.24) is 20.0 Å². The number of amides is 2. The van der Waals surface area contributed by atoms with E-state index in [-0.39, 0.29) is 23.9 Å². The first kappa shape index (κ1) is 16.3. The molecule has 2 aromatic rings. The highest BCUT2D eigenvalue weighted by atomic mass is 79.9. The van der Waals surface area contributed by atoms with Crippen LogP contribution in [0.1, 0.15) is 34.6 Å². The molecular formula is C18H19BrN4O2. The number of carbonyl (C=O) groups is 2. The summed E-state index contributed by atoms with van der Waals surface area (Å²) in [4.78, 5) is 27.1. The molecule has 4 rings (SSSR count). The van der Waals surface area contributed by atoms with Crippen LogP contribution < -0.4 is 5.32 Å². The molecule has 6 nitrogen and oxygen atoms in total. The molecule has 2 unspecified atom stereocenters. The van der Waals surface area contributed by atoms with Crippen LogP contribution in [0.3, 0.4) is 0 Å². The number of aryl methyl sites for hydroxylation is 1. The molecule has 0 aliphatic carbocycles. The monoisotopic (exact) mass is 402 g/mol. The number of aromatic nitrogens is 2. The maximum Gasteiger partial charge on any atom is 0.258 e. The van der Waals surface area contributed by atoms with Crippen LogP contribution in [0.4, 0.5) is 0 Å². The maximum atomic E-state index is 13.2. The van der Waals surface area contributed by atoms with Gasteiger partial charge in [0.05, 0.1) is 28.7 Å². The Morgan fingerprint density at radius 1 is 1.24 bits per heavy atom. The minimum Gasteiger partial charge on any atom is -0.352 e. The van der Waals surface area contributed by atoms with Crippen LogP contribution in [0.15, 0.2) is 28.7 Å². The number of hydrogen-bond acceptors (Lipinski definition) is 3. The molecule has 2 aliphatic heterocycles. The van der Waals surface area contributed by atoms with Gasteiger partial charge in [-0.15, -0.1) is 0 Å². The molecule has 2 fully saturated rings. The van der Waals surface area contributed by atoms with Gasteiger partial charge >= 0.3 is 0 Å². The van der Waals surface area contributed by atoms with Crippen LogP contribution in [0, 0.1) is 13.8 Å². The lowest BCUT2D eigenvalue weighted by Crippen LogP contribution is -2.57. The normalized spacial score (nSPS) is 22.2. The summed E-state index contributed by atoms with van der Waals surface area (Å²) in [6.45, 7) is 4.29. The molecule has 3 heterocycles. The van der Waals surface area contributed by atoms with Crippen molar-refractivity contribution in [3.8, 4) is 5.69 Å². The van der Waals surface area contributed by atoms with E-state index in [1.807, 2.05) is 38.1 Å². The highest BCUT2D eigenvalue weighted by Crippen LogP contribution is 2.31. The van der Waals surface area contributed by atoms with Crippen molar-refractivity contribution in [2.24, 2.45) is 0 Å². The lowest BCUT2D eigenvalue weighted by molar-refractivity contribution is -0.127. The first-order valence-corrected chi connectivity index (χ1v) is 9.19. The van der Waals surface area contributed by atoms with Gasteiger partial charge in [0.1, 0.15) is 6.04 Å². The molecule has 7 heteroatoms. The average molecular weight is 403 g/mol. The fourth-order valence-electron chi connectivity index (χ4n) is 3.90. The smallest absolute Gasteiger partial charge is 0.258 e. The second kappa shape index (κ2) is 5.98. The minimum absolute atomic E-state index is 0.0438. The van der Waals surface area contributed by atoms with Gasteiger partial charge in [0.25, 0.3) is 5.91 Å². The van der Waals surface area contributed by atoms with E-state index in [4.69, 9.17) is 0 Å². The average Bonchev–Trinajstić information content (AvgIpc) is 3.08. The second-order valence-electron chi connectivity index (χ2n) is 6.64. The molecule has 2 atom stereocenters. The number of halogens is 1. The van der Waals surface area contributed by atoms with Crippen molar-refractivity contribution in [1.29, 1.82) is 0 Å². The molecule has 2 saturated heterocycles. The van der Waals surface area contributed by atoms with E-state index in [0.717, 1.165) is 28.7 Å². The number of benzene rings is 1. The fraction of sp³-hybridized carbons (Fsp3) is 0.389. The summed E-state index contributed by atoms with van der Waals surface area (Å²) in [5.74, 6) is -0.126. The zero-order valence-corrected chi connectivity index (χ0v) is 15.7. The quantitative estimate of drug-likeness (QED) is 0.837. The molecular weight excluding hydrogens is 384 g/mol. The number of nitrogens with one attached hydrogen (secondary N) is 1. The van der Waals surface area contributed by atoms with E-state index >= 15 is 0 Å². The van der Waals surface area contributed by atoms with Gasteiger partial charge in [0, 0.05) is 11.0 Å². The molecule has 1 aromatic carbocycles. The van der Waals surface area contributed by atoms with E-state index in [1.54, 1.807) is 9.58 Å². The number of fused-ring (bicyclic) bond motifs is 2. The van der Waals surface area contributed by atoms with Crippen LogP contribution in [-0.4, -0.2) is 45.1 Å². The van der Waals surface area contributed by atoms with Gasteiger partial charge in [-0.25, -0.2) is 4.68 Å². The Balaban J connectivity index is 1.72. The van der Waals surface area contributed by atoms with E-state index < -0.39 is 0 Å². The van der Waals surface area contributed by atoms with E-state index in [0.29, 0.717) is 17.8 Å². The third-order valence-electron chi connectivity index (χ3n) is 5.13. The molecule has 0 spiro atoms. The summed E-state index contributed by atoms with van der Waals surface area (Å²) < 4.78 is 2.78. The molecule has 130 valence electrons. The van der Waals surface area contributed by atoms with Crippen molar-refractivity contribution in [2.45, 2.75) is 38.8 Å². The van der Waals surface area contributed by atoms with Crippen molar-refractivity contribution in [3.05, 3.63) is 45.7 Å². The molecule has 25 heavy (non-hydrogen) atoms. The molecule has 0 saturated carbocycles. The van der Waals surface area contributed by atoms with Gasteiger partial charge in [-0.1, -0.05) is 15.9 Å². The van der Waals surface area contributed by atoms with Crippen LogP contribution in [0.25, 0.3) is 5.69 Å².